The van der Waals surface area contributed by atoms with Crippen LogP contribution in [0.15, 0.2) is 30.3 Å². The van der Waals surface area contributed by atoms with E-state index in [-0.39, 0.29) is 18.3 Å². The van der Waals surface area contributed by atoms with Gasteiger partial charge in [0.05, 0.1) is 18.3 Å². The molecular weight excluding hydrogens is 314 g/mol. The molecule has 2 saturated heterocycles. The van der Waals surface area contributed by atoms with Gasteiger partial charge >= 0.3 is 0 Å². The highest BCUT2D eigenvalue weighted by Gasteiger charge is 2.26. The van der Waals surface area contributed by atoms with Crippen LogP contribution in [0.2, 0.25) is 0 Å². The van der Waals surface area contributed by atoms with E-state index < -0.39 is 0 Å². The molecule has 0 bridgehead atoms. The minimum Gasteiger partial charge on any atom is -0.390 e. The first-order chi connectivity index (χ1) is 12.1. The van der Waals surface area contributed by atoms with E-state index in [1.807, 2.05) is 6.07 Å². The first kappa shape index (κ1) is 18.6. The molecule has 3 rings (SSSR count). The minimum absolute atomic E-state index is 0.255. The van der Waals surface area contributed by atoms with E-state index >= 15 is 0 Å². The fourth-order valence-corrected chi connectivity index (χ4v) is 4.20. The number of piperidine rings is 1. The minimum atomic E-state index is -0.298. The number of nitrogens with one attached hydrogen (secondary N) is 1. The van der Waals surface area contributed by atoms with Gasteiger partial charge in [0.1, 0.15) is 0 Å². The molecule has 4 atom stereocenters. The van der Waals surface area contributed by atoms with Gasteiger partial charge in [-0.3, -0.25) is 9.80 Å². The van der Waals surface area contributed by atoms with Crippen LogP contribution >= 0.6 is 0 Å². The number of hydrogen-bond acceptors (Lipinski definition) is 5. The number of morpholine rings is 1. The third-order valence-electron chi connectivity index (χ3n) is 5.08. The van der Waals surface area contributed by atoms with E-state index in [9.17, 15) is 5.11 Å². The van der Waals surface area contributed by atoms with Gasteiger partial charge in [-0.1, -0.05) is 18.2 Å². The zero-order valence-electron chi connectivity index (χ0n) is 15.6. The van der Waals surface area contributed by atoms with Gasteiger partial charge in [0.25, 0.3) is 0 Å². The van der Waals surface area contributed by atoms with Crippen LogP contribution in [-0.4, -0.2) is 78.5 Å². The van der Waals surface area contributed by atoms with Crippen molar-refractivity contribution in [1.29, 1.82) is 0 Å². The summed E-state index contributed by atoms with van der Waals surface area (Å²) in [5.41, 5.74) is 1.19. The maximum atomic E-state index is 10.6. The van der Waals surface area contributed by atoms with E-state index in [0.717, 1.165) is 39.3 Å². The predicted molar refractivity (Wildman–Crippen MR) is 102 cm³/mol. The Hall–Kier alpha value is -1.14. The van der Waals surface area contributed by atoms with Gasteiger partial charge in [-0.15, -0.1) is 0 Å². The number of hydrogen-bond donors (Lipinski definition) is 2. The molecule has 0 amide bonds. The largest absolute Gasteiger partial charge is 0.390 e. The number of ether oxygens (including phenoxy) is 1. The number of para-hydroxylation sites is 1. The predicted octanol–water partition coefficient (Wildman–Crippen LogP) is 2.03. The topological polar surface area (TPSA) is 48.0 Å². The van der Waals surface area contributed by atoms with Gasteiger partial charge in [0.15, 0.2) is 0 Å². The second-order valence-corrected chi connectivity index (χ2v) is 7.74. The monoisotopic (exact) mass is 347 g/mol. The number of β-amino-alcohol motifs (C(OH)–C–C–N with tert-alkyl or cyclic N) is 1. The highest BCUT2D eigenvalue weighted by atomic mass is 16.5. The van der Waals surface area contributed by atoms with Crippen molar-refractivity contribution in [2.24, 2.45) is 0 Å². The van der Waals surface area contributed by atoms with Crippen LogP contribution in [0, 0.1) is 0 Å². The Morgan fingerprint density at radius 2 is 1.76 bits per heavy atom. The zero-order chi connectivity index (χ0) is 17.6. The molecule has 0 saturated carbocycles. The molecule has 1 aromatic rings. The van der Waals surface area contributed by atoms with E-state index in [2.05, 4.69) is 53.2 Å². The Morgan fingerprint density at radius 1 is 1.08 bits per heavy atom. The molecule has 5 nitrogen and oxygen atoms in total. The molecular formula is C20H33N3O2. The average molecular weight is 348 g/mol. The maximum Gasteiger partial charge on any atom is 0.0793 e. The summed E-state index contributed by atoms with van der Waals surface area (Å²) in [4.78, 5) is 4.75. The second kappa shape index (κ2) is 8.99. The van der Waals surface area contributed by atoms with Crippen molar-refractivity contribution in [3.8, 4) is 0 Å². The maximum absolute atomic E-state index is 10.6. The Labute approximate surface area is 152 Å². The number of benzene rings is 1. The molecule has 140 valence electrons. The van der Waals surface area contributed by atoms with E-state index in [4.69, 9.17) is 4.74 Å². The van der Waals surface area contributed by atoms with E-state index in [0.29, 0.717) is 6.04 Å². The molecule has 5 heteroatoms. The van der Waals surface area contributed by atoms with Gasteiger partial charge in [-0.05, 0) is 45.4 Å². The van der Waals surface area contributed by atoms with Crippen LogP contribution in [0.3, 0.4) is 0 Å². The summed E-state index contributed by atoms with van der Waals surface area (Å²) in [5.74, 6) is 0. The second-order valence-electron chi connectivity index (χ2n) is 7.74. The summed E-state index contributed by atoms with van der Waals surface area (Å²) in [5, 5.41) is 14.2. The summed E-state index contributed by atoms with van der Waals surface area (Å²) in [7, 11) is 0. The molecule has 25 heavy (non-hydrogen) atoms. The molecule has 2 aliphatic heterocycles. The summed E-state index contributed by atoms with van der Waals surface area (Å²) in [6, 6.07) is 10.9. The number of aliphatic hydroxyl groups is 1. The Bertz CT molecular complexity index is 503. The van der Waals surface area contributed by atoms with Crippen molar-refractivity contribution in [3.05, 3.63) is 30.3 Å². The van der Waals surface area contributed by atoms with Crippen molar-refractivity contribution in [3.63, 3.8) is 0 Å². The van der Waals surface area contributed by atoms with Crippen LogP contribution in [0.4, 0.5) is 5.69 Å². The third-order valence-corrected chi connectivity index (χ3v) is 5.08. The summed E-state index contributed by atoms with van der Waals surface area (Å²) in [6.07, 6.45) is 2.59. The lowest BCUT2D eigenvalue weighted by Crippen LogP contribution is -2.51. The molecule has 2 N–H and O–H groups in total. The van der Waals surface area contributed by atoms with Crippen molar-refractivity contribution in [2.75, 3.05) is 44.6 Å². The van der Waals surface area contributed by atoms with Crippen molar-refractivity contribution in [1.82, 2.24) is 9.80 Å². The quantitative estimate of drug-likeness (QED) is 0.825. The normalized spacial score (nSPS) is 30.1. The van der Waals surface area contributed by atoms with E-state index in [1.165, 1.54) is 18.5 Å². The molecule has 0 spiro atoms. The van der Waals surface area contributed by atoms with Crippen LogP contribution < -0.4 is 5.32 Å². The van der Waals surface area contributed by atoms with Crippen LogP contribution in [-0.2, 0) is 4.74 Å². The molecule has 2 aliphatic rings. The van der Waals surface area contributed by atoms with Gasteiger partial charge in [0.2, 0.25) is 0 Å². The molecule has 2 fully saturated rings. The van der Waals surface area contributed by atoms with Crippen LogP contribution in [0.1, 0.15) is 26.7 Å². The SMILES string of the molecule is CC1CN(CC(O)CN2CCCC(Nc3ccccc3)C2)CC(C)O1. The number of aliphatic hydroxyl groups excluding tert-OH is 1. The molecule has 0 aliphatic carbocycles. The lowest BCUT2D eigenvalue weighted by molar-refractivity contribution is -0.0782. The highest BCUT2D eigenvalue weighted by Crippen LogP contribution is 2.17. The summed E-state index contributed by atoms with van der Waals surface area (Å²) < 4.78 is 5.78. The van der Waals surface area contributed by atoms with Crippen LogP contribution in [0.25, 0.3) is 0 Å². The zero-order valence-corrected chi connectivity index (χ0v) is 15.6. The fourth-order valence-electron chi connectivity index (χ4n) is 4.20. The number of anilines is 1. The molecule has 4 unspecified atom stereocenters. The summed E-state index contributed by atoms with van der Waals surface area (Å²) in [6.45, 7) is 9.64. The van der Waals surface area contributed by atoms with Gasteiger partial charge < -0.3 is 15.2 Å². The number of nitrogens with zero attached hydrogens (tertiary/aromatic N) is 2. The Kier molecular flexibility index (Phi) is 6.70. The highest BCUT2D eigenvalue weighted by molar-refractivity contribution is 5.43. The molecule has 1 aromatic carbocycles. The van der Waals surface area contributed by atoms with Gasteiger partial charge in [0, 0.05) is 44.5 Å². The molecule has 0 radical (unpaired) electrons. The first-order valence-corrected chi connectivity index (χ1v) is 9.68. The number of rotatable bonds is 6. The fraction of sp³-hybridized carbons (Fsp3) is 0.700. The molecule has 2 heterocycles. The molecule has 0 aromatic heterocycles. The van der Waals surface area contributed by atoms with Crippen molar-refractivity contribution >= 4 is 5.69 Å². The first-order valence-electron chi connectivity index (χ1n) is 9.68. The lowest BCUT2D eigenvalue weighted by Gasteiger charge is -2.38. The smallest absolute Gasteiger partial charge is 0.0793 e. The summed E-state index contributed by atoms with van der Waals surface area (Å²) >= 11 is 0. The van der Waals surface area contributed by atoms with Crippen molar-refractivity contribution < 1.29 is 9.84 Å². The van der Waals surface area contributed by atoms with Gasteiger partial charge in [-0.25, -0.2) is 0 Å². The lowest BCUT2D eigenvalue weighted by atomic mass is 10.0. The Morgan fingerprint density at radius 3 is 2.48 bits per heavy atom. The van der Waals surface area contributed by atoms with Gasteiger partial charge in [-0.2, -0.15) is 0 Å². The Balaban J connectivity index is 1.44. The standard InChI is InChI=1S/C20H33N3O2/c1-16-11-23(12-17(2)25-16)15-20(24)14-22-10-6-9-19(13-22)21-18-7-4-3-5-8-18/h3-5,7-8,16-17,19-21,24H,6,9-15H2,1-2H3. The number of likely N-dealkylation sites (tertiary alicyclic amines) is 1. The van der Waals surface area contributed by atoms with Crippen molar-refractivity contribution in [2.45, 2.75) is 51.0 Å². The average Bonchev–Trinajstić information content (AvgIpc) is 2.55. The van der Waals surface area contributed by atoms with Crippen LogP contribution in [0.5, 0.6) is 0 Å². The van der Waals surface area contributed by atoms with E-state index in [1.54, 1.807) is 0 Å². The third kappa shape index (κ3) is 5.96.